The number of aromatic nitrogens is 1. The Morgan fingerprint density at radius 1 is 1.14 bits per heavy atom. The molecule has 0 atom stereocenters. The fourth-order valence-corrected chi connectivity index (χ4v) is 1.69. The van der Waals surface area contributed by atoms with Crippen LogP contribution in [0.1, 0.15) is 20.7 Å². The van der Waals surface area contributed by atoms with Gasteiger partial charge in [-0.15, -0.1) is 6.58 Å². The van der Waals surface area contributed by atoms with Crippen LogP contribution >= 0.6 is 0 Å². The maximum atomic E-state index is 12.8. The van der Waals surface area contributed by atoms with Gasteiger partial charge in [0.2, 0.25) is 0 Å². The standard InChI is InChI=1S/C16H14FN3O2/c1-2-7-19-15(21)11-8-12(10-18-9-11)16(22)20-14-5-3-13(17)4-6-14/h2-6,8-10H,1,7H2,(H,19,21)(H,20,22). The maximum absolute atomic E-state index is 12.8. The molecule has 2 amide bonds. The predicted octanol–water partition coefficient (Wildman–Crippen LogP) is 2.39. The first-order chi connectivity index (χ1) is 10.6. The smallest absolute Gasteiger partial charge is 0.257 e. The van der Waals surface area contributed by atoms with Crippen molar-refractivity contribution in [1.82, 2.24) is 10.3 Å². The quantitative estimate of drug-likeness (QED) is 0.833. The molecule has 0 radical (unpaired) electrons. The average Bonchev–Trinajstić information content (AvgIpc) is 2.54. The second kappa shape index (κ2) is 7.12. The highest BCUT2D eigenvalue weighted by Crippen LogP contribution is 2.11. The molecule has 1 aromatic carbocycles. The summed E-state index contributed by atoms with van der Waals surface area (Å²) < 4.78 is 12.8. The van der Waals surface area contributed by atoms with Crippen molar-refractivity contribution in [3.63, 3.8) is 0 Å². The third kappa shape index (κ3) is 3.99. The van der Waals surface area contributed by atoms with Crippen molar-refractivity contribution in [3.05, 3.63) is 72.3 Å². The Balaban J connectivity index is 2.11. The summed E-state index contributed by atoms with van der Waals surface area (Å²) in [4.78, 5) is 27.8. The fraction of sp³-hybridized carbons (Fsp3) is 0.0625. The van der Waals surface area contributed by atoms with Gasteiger partial charge in [0.25, 0.3) is 11.8 Å². The Kier molecular flexibility index (Phi) is 4.98. The number of carbonyl (C=O) groups excluding carboxylic acids is 2. The summed E-state index contributed by atoms with van der Waals surface area (Å²) in [5.41, 5.74) is 0.956. The second-order valence-electron chi connectivity index (χ2n) is 4.42. The lowest BCUT2D eigenvalue weighted by Gasteiger charge is -2.07. The van der Waals surface area contributed by atoms with Gasteiger partial charge in [0.15, 0.2) is 0 Å². The number of pyridine rings is 1. The second-order valence-corrected chi connectivity index (χ2v) is 4.42. The first-order valence-electron chi connectivity index (χ1n) is 6.51. The van der Waals surface area contributed by atoms with E-state index in [1.807, 2.05) is 0 Å². The van der Waals surface area contributed by atoms with Gasteiger partial charge in [-0.2, -0.15) is 0 Å². The van der Waals surface area contributed by atoms with Crippen LogP contribution in [0, 0.1) is 5.82 Å². The number of hydrogen-bond acceptors (Lipinski definition) is 3. The lowest BCUT2D eigenvalue weighted by atomic mass is 10.2. The molecule has 0 aliphatic carbocycles. The zero-order valence-corrected chi connectivity index (χ0v) is 11.7. The average molecular weight is 299 g/mol. The Hall–Kier alpha value is -3.02. The van der Waals surface area contributed by atoms with Gasteiger partial charge in [0.05, 0.1) is 11.1 Å². The van der Waals surface area contributed by atoms with Crippen molar-refractivity contribution in [2.45, 2.75) is 0 Å². The van der Waals surface area contributed by atoms with Crippen molar-refractivity contribution in [3.8, 4) is 0 Å². The number of halogens is 1. The van der Waals surface area contributed by atoms with E-state index >= 15 is 0 Å². The molecule has 0 aliphatic heterocycles. The number of rotatable bonds is 5. The molecule has 5 nitrogen and oxygen atoms in total. The highest BCUT2D eigenvalue weighted by molar-refractivity contribution is 6.05. The third-order valence-corrected chi connectivity index (χ3v) is 2.77. The number of nitrogens with zero attached hydrogens (tertiary/aromatic N) is 1. The van der Waals surface area contributed by atoms with Gasteiger partial charge in [0, 0.05) is 24.6 Å². The molecule has 1 aromatic heterocycles. The SMILES string of the molecule is C=CCNC(=O)c1cncc(C(=O)Nc2ccc(F)cc2)c1. The monoisotopic (exact) mass is 299 g/mol. The minimum Gasteiger partial charge on any atom is -0.349 e. The van der Waals surface area contributed by atoms with Crippen LogP contribution in [0.5, 0.6) is 0 Å². The van der Waals surface area contributed by atoms with Gasteiger partial charge in [-0.05, 0) is 30.3 Å². The lowest BCUT2D eigenvalue weighted by Crippen LogP contribution is -2.24. The highest BCUT2D eigenvalue weighted by Gasteiger charge is 2.11. The van der Waals surface area contributed by atoms with Crippen LogP contribution in [0.25, 0.3) is 0 Å². The van der Waals surface area contributed by atoms with Crippen LogP contribution in [0.15, 0.2) is 55.4 Å². The van der Waals surface area contributed by atoms with E-state index in [1.54, 1.807) is 6.08 Å². The molecule has 0 aliphatic rings. The van der Waals surface area contributed by atoms with Gasteiger partial charge >= 0.3 is 0 Å². The summed E-state index contributed by atoms with van der Waals surface area (Å²) in [6, 6.07) is 6.81. The van der Waals surface area contributed by atoms with E-state index in [0.29, 0.717) is 12.2 Å². The number of nitrogens with one attached hydrogen (secondary N) is 2. The molecule has 0 unspecified atom stereocenters. The molecule has 0 saturated heterocycles. The van der Waals surface area contributed by atoms with Crippen LogP contribution in [-0.4, -0.2) is 23.3 Å². The summed E-state index contributed by atoms with van der Waals surface area (Å²) in [6.45, 7) is 3.83. The zero-order chi connectivity index (χ0) is 15.9. The Bertz CT molecular complexity index is 699. The van der Waals surface area contributed by atoms with Crippen molar-refractivity contribution >= 4 is 17.5 Å². The van der Waals surface area contributed by atoms with E-state index in [0.717, 1.165) is 0 Å². The van der Waals surface area contributed by atoms with E-state index in [9.17, 15) is 14.0 Å². The van der Waals surface area contributed by atoms with E-state index in [2.05, 4.69) is 22.2 Å². The maximum Gasteiger partial charge on any atom is 0.257 e. The highest BCUT2D eigenvalue weighted by atomic mass is 19.1. The molecule has 2 rings (SSSR count). The number of benzene rings is 1. The van der Waals surface area contributed by atoms with E-state index < -0.39 is 5.91 Å². The topological polar surface area (TPSA) is 71.1 Å². The summed E-state index contributed by atoms with van der Waals surface area (Å²) >= 11 is 0. The Morgan fingerprint density at radius 2 is 1.77 bits per heavy atom. The van der Waals surface area contributed by atoms with Gasteiger partial charge < -0.3 is 10.6 Å². The zero-order valence-electron chi connectivity index (χ0n) is 11.7. The lowest BCUT2D eigenvalue weighted by molar-refractivity contribution is 0.0957. The van der Waals surface area contributed by atoms with Crippen LogP contribution in [0.2, 0.25) is 0 Å². The van der Waals surface area contributed by atoms with Gasteiger partial charge in [-0.25, -0.2) is 4.39 Å². The molecule has 1 heterocycles. The Labute approximate surface area is 126 Å². The first kappa shape index (κ1) is 15.4. The van der Waals surface area contributed by atoms with Crippen LogP contribution in [0.4, 0.5) is 10.1 Å². The van der Waals surface area contributed by atoms with Crippen LogP contribution in [0.3, 0.4) is 0 Å². The molecular weight excluding hydrogens is 285 g/mol. The predicted molar refractivity (Wildman–Crippen MR) is 81.1 cm³/mol. The fourth-order valence-electron chi connectivity index (χ4n) is 1.69. The summed E-state index contributed by atoms with van der Waals surface area (Å²) in [5, 5.41) is 5.20. The molecule has 0 saturated carbocycles. The summed E-state index contributed by atoms with van der Waals surface area (Å²) in [6.07, 6.45) is 4.27. The first-order valence-corrected chi connectivity index (χ1v) is 6.51. The van der Waals surface area contributed by atoms with Crippen LogP contribution < -0.4 is 10.6 Å². The van der Waals surface area contributed by atoms with Gasteiger partial charge in [0.1, 0.15) is 5.82 Å². The molecule has 2 N–H and O–H groups in total. The summed E-state index contributed by atoms with van der Waals surface area (Å²) in [7, 11) is 0. The molecule has 2 aromatic rings. The van der Waals surface area contributed by atoms with Gasteiger partial charge in [-0.1, -0.05) is 6.08 Å². The number of anilines is 1. The summed E-state index contributed by atoms with van der Waals surface area (Å²) in [5.74, 6) is -1.16. The molecule has 0 fully saturated rings. The molecular formula is C16H14FN3O2. The van der Waals surface area contributed by atoms with Crippen molar-refractivity contribution < 1.29 is 14.0 Å². The number of amides is 2. The molecule has 0 bridgehead atoms. The normalized spacial score (nSPS) is 9.86. The van der Waals surface area contributed by atoms with Crippen molar-refractivity contribution in [2.24, 2.45) is 0 Å². The molecule has 0 spiro atoms. The molecule has 6 heteroatoms. The van der Waals surface area contributed by atoms with Gasteiger partial charge in [-0.3, -0.25) is 14.6 Å². The number of carbonyl (C=O) groups is 2. The van der Waals surface area contributed by atoms with E-state index in [1.165, 1.54) is 42.7 Å². The molecule has 112 valence electrons. The third-order valence-electron chi connectivity index (χ3n) is 2.77. The van der Waals surface area contributed by atoms with E-state index in [-0.39, 0.29) is 22.9 Å². The van der Waals surface area contributed by atoms with Crippen LogP contribution in [-0.2, 0) is 0 Å². The van der Waals surface area contributed by atoms with Crippen molar-refractivity contribution in [1.29, 1.82) is 0 Å². The largest absolute Gasteiger partial charge is 0.349 e. The Morgan fingerprint density at radius 3 is 2.41 bits per heavy atom. The minimum absolute atomic E-state index is 0.232. The molecule has 22 heavy (non-hydrogen) atoms. The van der Waals surface area contributed by atoms with Crippen molar-refractivity contribution in [2.75, 3.05) is 11.9 Å². The minimum atomic E-state index is -0.433. The number of hydrogen-bond donors (Lipinski definition) is 2. The van der Waals surface area contributed by atoms with E-state index in [4.69, 9.17) is 0 Å².